The van der Waals surface area contributed by atoms with Crippen molar-refractivity contribution in [3.63, 3.8) is 0 Å². The molecule has 1 atom stereocenters. The average molecular weight is 199 g/mol. The molecule has 4 heteroatoms. The minimum atomic E-state index is -0.863. The summed E-state index contributed by atoms with van der Waals surface area (Å²) in [6, 6.07) is 1.95. The Bertz CT molecular complexity index is 317. The third-order valence-electron chi connectivity index (χ3n) is 1.90. The van der Waals surface area contributed by atoms with Gasteiger partial charge >= 0.3 is 5.97 Å². The molecule has 0 aliphatic carbocycles. The Hall–Kier alpha value is -0.870. The Balaban J connectivity index is 2.93. The Kier molecular flexibility index (Phi) is 2.73. The molecule has 1 heterocycles. The lowest BCUT2D eigenvalue weighted by atomic mass is 9.95. The van der Waals surface area contributed by atoms with Gasteiger partial charge in [0, 0.05) is 4.88 Å². The number of aryl methyl sites for hydroxylation is 1. The van der Waals surface area contributed by atoms with Gasteiger partial charge in [0.15, 0.2) is 0 Å². The molecule has 0 aliphatic heterocycles. The summed E-state index contributed by atoms with van der Waals surface area (Å²) in [5, 5.41) is 10.6. The van der Waals surface area contributed by atoms with Crippen LogP contribution >= 0.6 is 11.3 Å². The molecule has 1 unspecified atom stereocenters. The summed E-state index contributed by atoms with van der Waals surface area (Å²) in [5.74, 6) is -0.863. The molecule has 3 N–H and O–H groups in total. The van der Waals surface area contributed by atoms with Crippen LogP contribution in [0.5, 0.6) is 0 Å². The van der Waals surface area contributed by atoms with Gasteiger partial charge in [-0.2, -0.15) is 0 Å². The lowest BCUT2D eigenvalue weighted by Crippen LogP contribution is -2.35. The summed E-state index contributed by atoms with van der Waals surface area (Å²) in [7, 11) is 0. The van der Waals surface area contributed by atoms with Crippen molar-refractivity contribution in [1.29, 1.82) is 0 Å². The first-order chi connectivity index (χ1) is 5.93. The monoisotopic (exact) mass is 199 g/mol. The molecule has 1 aromatic rings. The maximum atomic E-state index is 10.5. The van der Waals surface area contributed by atoms with Gasteiger partial charge in [-0.15, -0.1) is 11.3 Å². The summed E-state index contributed by atoms with van der Waals surface area (Å²) < 4.78 is 0. The molecule has 0 aromatic carbocycles. The predicted octanol–water partition coefficient (Wildman–Crippen LogP) is 1.71. The molecule has 0 radical (unpaired) electrons. The van der Waals surface area contributed by atoms with E-state index in [4.69, 9.17) is 10.8 Å². The molecular formula is C9H13NO2S. The maximum Gasteiger partial charge on any atom is 0.305 e. The molecule has 0 saturated carbocycles. The van der Waals surface area contributed by atoms with Crippen molar-refractivity contribution in [3.8, 4) is 0 Å². The number of aliphatic carboxylic acids is 1. The van der Waals surface area contributed by atoms with Crippen molar-refractivity contribution in [3.05, 3.63) is 21.9 Å². The van der Waals surface area contributed by atoms with Gasteiger partial charge in [-0.25, -0.2) is 0 Å². The second-order valence-corrected chi connectivity index (χ2v) is 4.34. The normalized spacial score (nSPS) is 15.3. The fraction of sp³-hybridized carbons (Fsp3) is 0.444. The van der Waals surface area contributed by atoms with E-state index >= 15 is 0 Å². The second kappa shape index (κ2) is 3.47. The Morgan fingerprint density at radius 1 is 1.77 bits per heavy atom. The lowest BCUT2D eigenvalue weighted by Gasteiger charge is -2.21. The Morgan fingerprint density at radius 3 is 2.77 bits per heavy atom. The van der Waals surface area contributed by atoms with E-state index in [1.165, 1.54) is 11.3 Å². The molecule has 13 heavy (non-hydrogen) atoms. The van der Waals surface area contributed by atoms with Gasteiger partial charge in [0.25, 0.3) is 0 Å². The quantitative estimate of drug-likeness (QED) is 0.778. The van der Waals surface area contributed by atoms with Gasteiger partial charge < -0.3 is 10.8 Å². The number of carbonyl (C=O) groups is 1. The minimum Gasteiger partial charge on any atom is -0.481 e. The van der Waals surface area contributed by atoms with Gasteiger partial charge in [-0.1, -0.05) is 0 Å². The SMILES string of the molecule is Cc1ccsc1C(C)(N)CC(=O)O. The lowest BCUT2D eigenvalue weighted by molar-refractivity contribution is -0.138. The van der Waals surface area contributed by atoms with Crippen molar-refractivity contribution in [2.24, 2.45) is 5.73 Å². The maximum absolute atomic E-state index is 10.5. The molecule has 0 fully saturated rings. The van der Waals surface area contributed by atoms with Gasteiger partial charge in [-0.05, 0) is 30.9 Å². The van der Waals surface area contributed by atoms with Crippen LogP contribution in [0.3, 0.4) is 0 Å². The van der Waals surface area contributed by atoms with Gasteiger partial charge in [-0.3, -0.25) is 4.79 Å². The van der Waals surface area contributed by atoms with Crippen molar-refractivity contribution >= 4 is 17.3 Å². The van der Waals surface area contributed by atoms with Crippen molar-refractivity contribution < 1.29 is 9.90 Å². The molecule has 0 saturated heterocycles. The van der Waals surface area contributed by atoms with E-state index in [0.29, 0.717) is 0 Å². The third kappa shape index (κ3) is 2.29. The van der Waals surface area contributed by atoms with Gasteiger partial charge in [0.2, 0.25) is 0 Å². The standard InChI is InChI=1S/C9H13NO2S/c1-6-3-4-13-8(6)9(2,10)5-7(11)12/h3-4H,5,10H2,1-2H3,(H,11,12). The molecule has 0 amide bonds. The zero-order chi connectivity index (χ0) is 10.1. The fourth-order valence-electron chi connectivity index (χ4n) is 1.35. The van der Waals surface area contributed by atoms with E-state index in [1.807, 2.05) is 18.4 Å². The highest BCUT2D eigenvalue weighted by Gasteiger charge is 2.27. The zero-order valence-corrected chi connectivity index (χ0v) is 8.52. The minimum absolute atomic E-state index is 0.0334. The molecule has 3 nitrogen and oxygen atoms in total. The molecule has 1 rings (SSSR count). The molecule has 0 bridgehead atoms. The van der Waals surface area contributed by atoms with Crippen molar-refractivity contribution in [1.82, 2.24) is 0 Å². The van der Waals surface area contributed by atoms with Crippen LogP contribution < -0.4 is 5.73 Å². The number of hydrogen-bond donors (Lipinski definition) is 2. The van der Waals surface area contributed by atoms with Gasteiger partial charge in [0.1, 0.15) is 0 Å². The number of carboxylic acids is 1. The fourth-order valence-corrected chi connectivity index (χ4v) is 2.36. The first-order valence-corrected chi connectivity index (χ1v) is 4.87. The van der Waals surface area contributed by atoms with Crippen LogP contribution in [-0.2, 0) is 10.3 Å². The number of carboxylic acid groups (broad SMARTS) is 1. The molecule has 0 spiro atoms. The summed E-state index contributed by atoms with van der Waals surface area (Å²) >= 11 is 1.51. The topological polar surface area (TPSA) is 63.3 Å². The van der Waals surface area contributed by atoms with Crippen molar-refractivity contribution in [2.45, 2.75) is 25.8 Å². The van der Waals surface area contributed by atoms with Gasteiger partial charge in [0.05, 0.1) is 12.0 Å². The van der Waals surface area contributed by atoms with Crippen LogP contribution in [0.4, 0.5) is 0 Å². The molecular weight excluding hydrogens is 186 g/mol. The van der Waals surface area contributed by atoms with Crippen LogP contribution in [0.1, 0.15) is 23.8 Å². The summed E-state index contributed by atoms with van der Waals surface area (Å²) in [6.07, 6.45) is -0.0334. The Morgan fingerprint density at radius 2 is 2.38 bits per heavy atom. The Labute approximate surface area is 81.2 Å². The highest BCUT2D eigenvalue weighted by Crippen LogP contribution is 2.29. The first-order valence-electron chi connectivity index (χ1n) is 3.99. The van der Waals surface area contributed by atoms with E-state index in [2.05, 4.69) is 0 Å². The highest BCUT2D eigenvalue weighted by atomic mass is 32.1. The van der Waals surface area contributed by atoms with E-state index < -0.39 is 11.5 Å². The number of rotatable bonds is 3. The molecule has 72 valence electrons. The largest absolute Gasteiger partial charge is 0.481 e. The van der Waals surface area contributed by atoms with Crippen LogP contribution in [0.15, 0.2) is 11.4 Å². The van der Waals surface area contributed by atoms with Crippen LogP contribution in [-0.4, -0.2) is 11.1 Å². The summed E-state index contributed by atoms with van der Waals surface area (Å²) in [4.78, 5) is 11.5. The third-order valence-corrected chi connectivity index (χ3v) is 3.20. The van der Waals surface area contributed by atoms with E-state index in [1.54, 1.807) is 6.92 Å². The highest BCUT2D eigenvalue weighted by molar-refractivity contribution is 7.10. The number of hydrogen-bond acceptors (Lipinski definition) is 3. The average Bonchev–Trinajstić information content (AvgIpc) is 2.32. The first kappa shape index (κ1) is 10.2. The zero-order valence-electron chi connectivity index (χ0n) is 7.70. The summed E-state index contributed by atoms with van der Waals surface area (Å²) in [6.45, 7) is 3.69. The molecule has 0 aliphatic rings. The second-order valence-electron chi connectivity index (χ2n) is 3.42. The number of thiophene rings is 1. The van der Waals surface area contributed by atoms with Crippen LogP contribution in [0.2, 0.25) is 0 Å². The molecule has 1 aromatic heterocycles. The van der Waals surface area contributed by atoms with Crippen LogP contribution in [0.25, 0.3) is 0 Å². The smallest absolute Gasteiger partial charge is 0.305 e. The predicted molar refractivity (Wildman–Crippen MR) is 52.8 cm³/mol. The van der Waals surface area contributed by atoms with E-state index in [0.717, 1.165) is 10.4 Å². The van der Waals surface area contributed by atoms with E-state index in [9.17, 15) is 4.79 Å². The summed E-state index contributed by atoms with van der Waals surface area (Å²) in [5.41, 5.74) is 6.23. The van der Waals surface area contributed by atoms with E-state index in [-0.39, 0.29) is 6.42 Å². The van der Waals surface area contributed by atoms with Crippen LogP contribution in [0, 0.1) is 6.92 Å². The van der Waals surface area contributed by atoms with Crippen molar-refractivity contribution in [2.75, 3.05) is 0 Å². The number of nitrogens with two attached hydrogens (primary N) is 1.